The Morgan fingerprint density at radius 2 is 1.88 bits per heavy atom. The second kappa shape index (κ2) is 8.12. The van der Waals surface area contributed by atoms with Crippen molar-refractivity contribution in [3.8, 4) is 5.75 Å². The molecule has 0 atom stereocenters. The molecular formula is C20H22N2O2S. The number of H-pyrrole nitrogens is 1. The van der Waals surface area contributed by atoms with Gasteiger partial charge in [-0.2, -0.15) is 0 Å². The number of fused-ring (bicyclic) bond motifs is 1. The number of carbonyl (C=O) groups is 1. The van der Waals surface area contributed by atoms with Gasteiger partial charge in [0, 0.05) is 34.3 Å². The normalized spacial score (nSPS) is 10.8. The first kappa shape index (κ1) is 17.4. The molecule has 5 heteroatoms. The molecule has 25 heavy (non-hydrogen) atoms. The molecule has 1 heterocycles. The Morgan fingerprint density at radius 1 is 1.12 bits per heavy atom. The second-order valence-corrected chi connectivity index (χ2v) is 7.14. The van der Waals surface area contributed by atoms with Crippen molar-refractivity contribution in [1.82, 2.24) is 10.3 Å². The van der Waals surface area contributed by atoms with Crippen LogP contribution >= 0.6 is 11.8 Å². The van der Waals surface area contributed by atoms with Crippen LogP contribution in [0.5, 0.6) is 5.75 Å². The lowest BCUT2D eigenvalue weighted by Gasteiger charge is -2.07. The van der Waals surface area contributed by atoms with Crippen LogP contribution in [0.1, 0.15) is 11.1 Å². The minimum atomic E-state index is -0.101. The number of hydrogen-bond acceptors (Lipinski definition) is 3. The first-order valence-corrected chi connectivity index (χ1v) is 9.27. The number of thioether (sulfide) groups is 1. The number of rotatable bonds is 7. The van der Waals surface area contributed by atoms with Gasteiger partial charge in [0.15, 0.2) is 6.61 Å². The van der Waals surface area contributed by atoms with Gasteiger partial charge in [-0.05, 0) is 38.1 Å². The van der Waals surface area contributed by atoms with Crippen LogP contribution in [0, 0.1) is 13.8 Å². The maximum atomic E-state index is 11.9. The van der Waals surface area contributed by atoms with Crippen LogP contribution in [0.3, 0.4) is 0 Å². The van der Waals surface area contributed by atoms with Gasteiger partial charge in [-0.3, -0.25) is 4.79 Å². The minimum Gasteiger partial charge on any atom is -0.484 e. The quantitative estimate of drug-likeness (QED) is 0.497. The summed E-state index contributed by atoms with van der Waals surface area (Å²) in [5.74, 6) is 1.43. The van der Waals surface area contributed by atoms with E-state index in [1.807, 2.05) is 37.4 Å². The van der Waals surface area contributed by atoms with Crippen LogP contribution in [0.4, 0.5) is 0 Å². The van der Waals surface area contributed by atoms with E-state index >= 15 is 0 Å². The zero-order valence-electron chi connectivity index (χ0n) is 14.5. The predicted octanol–water partition coefficient (Wildman–Crippen LogP) is 4.07. The van der Waals surface area contributed by atoms with Crippen LogP contribution in [-0.2, 0) is 4.79 Å². The third-order valence-corrected chi connectivity index (χ3v) is 4.93. The van der Waals surface area contributed by atoms with E-state index in [0.717, 1.165) is 11.3 Å². The van der Waals surface area contributed by atoms with Crippen molar-refractivity contribution >= 4 is 28.6 Å². The lowest BCUT2D eigenvalue weighted by atomic mass is 10.2. The number of amides is 1. The van der Waals surface area contributed by atoms with Crippen molar-refractivity contribution in [2.75, 3.05) is 18.9 Å². The largest absolute Gasteiger partial charge is 0.484 e. The minimum absolute atomic E-state index is 0.0417. The number of aromatic nitrogens is 1. The zero-order chi connectivity index (χ0) is 17.6. The Kier molecular flexibility index (Phi) is 5.66. The first-order valence-electron chi connectivity index (χ1n) is 8.28. The summed E-state index contributed by atoms with van der Waals surface area (Å²) < 4.78 is 5.47. The van der Waals surface area contributed by atoms with Gasteiger partial charge < -0.3 is 15.0 Å². The van der Waals surface area contributed by atoms with Crippen molar-refractivity contribution < 1.29 is 9.53 Å². The molecule has 2 N–H and O–H groups in total. The molecule has 0 saturated heterocycles. The van der Waals surface area contributed by atoms with Crippen LogP contribution in [-0.4, -0.2) is 29.8 Å². The summed E-state index contributed by atoms with van der Waals surface area (Å²) in [7, 11) is 0. The fraction of sp³-hybridized carbons (Fsp3) is 0.250. The van der Waals surface area contributed by atoms with Crippen LogP contribution in [0.2, 0.25) is 0 Å². The Labute approximate surface area is 152 Å². The molecule has 0 bridgehead atoms. The molecular weight excluding hydrogens is 332 g/mol. The summed E-state index contributed by atoms with van der Waals surface area (Å²) in [5.41, 5.74) is 3.56. The number of benzene rings is 2. The summed E-state index contributed by atoms with van der Waals surface area (Å²) in [4.78, 5) is 16.3. The number of aromatic amines is 1. The topological polar surface area (TPSA) is 54.1 Å². The highest BCUT2D eigenvalue weighted by Crippen LogP contribution is 2.28. The van der Waals surface area contributed by atoms with E-state index in [-0.39, 0.29) is 12.5 Å². The molecule has 0 unspecified atom stereocenters. The van der Waals surface area contributed by atoms with E-state index in [0.29, 0.717) is 12.3 Å². The van der Waals surface area contributed by atoms with Crippen LogP contribution in [0.25, 0.3) is 10.9 Å². The molecule has 130 valence electrons. The first-order chi connectivity index (χ1) is 12.1. The monoisotopic (exact) mass is 354 g/mol. The molecule has 0 aliphatic carbocycles. The van der Waals surface area contributed by atoms with Crippen LogP contribution < -0.4 is 10.1 Å². The van der Waals surface area contributed by atoms with Gasteiger partial charge >= 0.3 is 0 Å². The SMILES string of the molecule is Cc1ccc(OCC(=O)NCCSc2c[nH]c3ccc(C)cc23)cc1. The van der Waals surface area contributed by atoms with Crippen molar-refractivity contribution in [3.05, 3.63) is 59.8 Å². The molecule has 0 aliphatic rings. The molecule has 1 amide bonds. The molecule has 0 fully saturated rings. The number of hydrogen-bond donors (Lipinski definition) is 2. The molecule has 0 saturated carbocycles. The average Bonchev–Trinajstić information content (AvgIpc) is 3.00. The number of aryl methyl sites for hydroxylation is 2. The molecule has 2 aromatic carbocycles. The van der Waals surface area contributed by atoms with Gasteiger partial charge in [0.1, 0.15) is 5.75 Å². The Balaban J connectivity index is 1.41. The molecule has 3 aromatic rings. The standard InChI is InChI=1S/C20H22N2O2S/c1-14-3-6-16(7-4-14)24-13-20(23)21-9-10-25-19-12-22-18-8-5-15(2)11-17(18)19/h3-8,11-12,22H,9-10,13H2,1-2H3,(H,21,23). The van der Waals surface area contributed by atoms with E-state index < -0.39 is 0 Å². The van der Waals surface area contributed by atoms with E-state index in [1.165, 1.54) is 21.4 Å². The van der Waals surface area contributed by atoms with Gasteiger partial charge in [0.05, 0.1) is 0 Å². The highest BCUT2D eigenvalue weighted by atomic mass is 32.2. The summed E-state index contributed by atoms with van der Waals surface area (Å²) in [5, 5.41) is 4.13. The van der Waals surface area contributed by atoms with E-state index in [9.17, 15) is 4.79 Å². The number of ether oxygens (including phenoxy) is 1. The van der Waals surface area contributed by atoms with E-state index in [4.69, 9.17) is 4.74 Å². The summed E-state index contributed by atoms with van der Waals surface area (Å²) >= 11 is 1.74. The van der Waals surface area contributed by atoms with Crippen molar-refractivity contribution in [2.24, 2.45) is 0 Å². The second-order valence-electron chi connectivity index (χ2n) is 6.00. The smallest absolute Gasteiger partial charge is 0.257 e. The fourth-order valence-electron chi connectivity index (χ4n) is 2.51. The Hall–Kier alpha value is -2.40. The van der Waals surface area contributed by atoms with E-state index in [1.54, 1.807) is 11.8 Å². The molecule has 0 radical (unpaired) electrons. The lowest BCUT2D eigenvalue weighted by molar-refractivity contribution is -0.122. The van der Waals surface area contributed by atoms with Gasteiger partial charge in [-0.15, -0.1) is 11.8 Å². The average molecular weight is 354 g/mol. The van der Waals surface area contributed by atoms with Gasteiger partial charge in [-0.25, -0.2) is 0 Å². The molecule has 0 aliphatic heterocycles. The molecule has 4 nitrogen and oxygen atoms in total. The third kappa shape index (κ3) is 4.79. The summed E-state index contributed by atoms with van der Waals surface area (Å²) in [6.45, 7) is 4.76. The summed E-state index contributed by atoms with van der Waals surface area (Å²) in [6, 6.07) is 14.1. The maximum absolute atomic E-state index is 11.9. The van der Waals surface area contributed by atoms with Gasteiger partial charge in [0.2, 0.25) is 0 Å². The third-order valence-electron chi connectivity index (χ3n) is 3.87. The predicted molar refractivity (Wildman–Crippen MR) is 103 cm³/mol. The highest BCUT2D eigenvalue weighted by Gasteiger charge is 2.06. The lowest BCUT2D eigenvalue weighted by Crippen LogP contribution is -2.30. The zero-order valence-corrected chi connectivity index (χ0v) is 15.3. The Bertz CT molecular complexity index is 856. The number of carbonyl (C=O) groups excluding carboxylic acids is 1. The van der Waals surface area contributed by atoms with Crippen molar-refractivity contribution in [3.63, 3.8) is 0 Å². The number of nitrogens with one attached hydrogen (secondary N) is 2. The van der Waals surface area contributed by atoms with Gasteiger partial charge in [-0.1, -0.05) is 29.3 Å². The summed E-state index contributed by atoms with van der Waals surface area (Å²) in [6.07, 6.45) is 2.02. The molecule has 1 aromatic heterocycles. The van der Waals surface area contributed by atoms with Crippen LogP contribution in [0.15, 0.2) is 53.6 Å². The maximum Gasteiger partial charge on any atom is 0.257 e. The fourth-order valence-corrected chi connectivity index (χ4v) is 3.40. The van der Waals surface area contributed by atoms with Crippen molar-refractivity contribution in [1.29, 1.82) is 0 Å². The Morgan fingerprint density at radius 3 is 2.68 bits per heavy atom. The molecule has 3 rings (SSSR count). The van der Waals surface area contributed by atoms with Gasteiger partial charge in [0.25, 0.3) is 5.91 Å². The highest BCUT2D eigenvalue weighted by molar-refractivity contribution is 7.99. The molecule has 0 spiro atoms. The van der Waals surface area contributed by atoms with E-state index in [2.05, 4.69) is 35.4 Å². The van der Waals surface area contributed by atoms with Crippen molar-refractivity contribution in [2.45, 2.75) is 18.7 Å².